The fraction of sp³-hybridized carbons (Fsp3) is 0.200. The van der Waals surface area contributed by atoms with Crippen LogP contribution in [0.3, 0.4) is 0 Å². The van der Waals surface area contributed by atoms with Gasteiger partial charge in [0.25, 0.3) is 5.91 Å². The van der Waals surface area contributed by atoms with Crippen molar-refractivity contribution in [3.05, 3.63) is 11.9 Å². The summed E-state index contributed by atoms with van der Waals surface area (Å²) < 4.78 is 0. The molecule has 58 valence electrons. The van der Waals surface area contributed by atoms with Crippen molar-refractivity contribution < 1.29 is 9.59 Å². The van der Waals surface area contributed by atoms with Gasteiger partial charge in [-0.3, -0.25) is 10.1 Å². The smallest absolute Gasteiger partial charge is 0.320 e. The normalized spacial score (nSPS) is 14.6. The van der Waals surface area contributed by atoms with Crippen molar-refractivity contribution in [3.8, 4) is 0 Å². The molecule has 1 rings (SSSR count). The third-order valence-corrected chi connectivity index (χ3v) is 0.985. The topological polar surface area (TPSA) is 82.9 Å². The van der Waals surface area contributed by atoms with E-state index < -0.39 is 11.9 Å². The van der Waals surface area contributed by atoms with Crippen molar-refractivity contribution in [2.45, 2.75) is 0 Å². The van der Waals surface area contributed by atoms with E-state index in [9.17, 15) is 9.59 Å². The van der Waals surface area contributed by atoms with Crippen molar-refractivity contribution in [1.29, 1.82) is 0 Å². The summed E-state index contributed by atoms with van der Waals surface area (Å²) in [4.78, 5) is 21.0. The van der Waals surface area contributed by atoms with E-state index in [4.69, 9.17) is 0 Å². The lowest BCUT2D eigenvalue weighted by Crippen LogP contribution is -2.31. The Morgan fingerprint density at radius 3 is 2.73 bits per heavy atom. The number of rotatable bonds is 1. The minimum Gasteiger partial charge on any atom is -0.341 e. The monoisotopic (exact) mass is 154 g/mol. The molecule has 0 radical (unpaired) electrons. The molecule has 0 saturated carbocycles. The molecule has 11 heavy (non-hydrogen) atoms. The fourth-order valence-electron chi connectivity index (χ4n) is 0.518. The van der Waals surface area contributed by atoms with Crippen molar-refractivity contribution >= 4 is 11.9 Å². The molecule has 0 aromatic heterocycles. The Labute approximate surface area is 62.4 Å². The van der Waals surface area contributed by atoms with Gasteiger partial charge in [0.2, 0.25) is 0 Å². The molecular weight excluding hydrogens is 148 g/mol. The van der Waals surface area contributed by atoms with Crippen molar-refractivity contribution in [2.75, 3.05) is 7.05 Å². The van der Waals surface area contributed by atoms with Crippen LogP contribution in [0.2, 0.25) is 0 Å². The van der Waals surface area contributed by atoms with Gasteiger partial charge in [0.1, 0.15) is 0 Å². The van der Waals surface area contributed by atoms with Crippen LogP contribution in [0, 0.1) is 0 Å². The zero-order valence-corrected chi connectivity index (χ0v) is 5.79. The van der Waals surface area contributed by atoms with Crippen molar-refractivity contribution in [1.82, 2.24) is 10.6 Å². The van der Waals surface area contributed by atoms with E-state index in [1.165, 1.54) is 7.05 Å². The number of hydrogen-bond donors (Lipinski definition) is 2. The zero-order valence-electron chi connectivity index (χ0n) is 5.79. The molecule has 0 bridgehead atoms. The molecule has 3 amide bonds. The van der Waals surface area contributed by atoms with Crippen molar-refractivity contribution in [2.24, 2.45) is 10.2 Å². The molecule has 0 spiro atoms. The van der Waals surface area contributed by atoms with Crippen LogP contribution in [-0.2, 0) is 4.79 Å². The predicted octanol–water partition coefficient (Wildman–Crippen LogP) is -0.251. The molecule has 1 aliphatic rings. The highest BCUT2D eigenvalue weighted by molar-refractivity contribution is 5.91. The Kier molecular flexibility index (Phi) is 1.95. The number of carbonyl (C=O) groups is 2. The molecule has 0 saturated heterocycles. The van der Waals surface area contributed by atoms with Gasteiger partial charge in [0.15, 0.2) is 5.82 Å². The Morgan fingerprint density at radius 2 is 2.27 bits per heavy atom. The van der Waals surface area contributed by atoms with E-state index >= 15 is 0 Å². The third kappa shape index (κ3) is 1.85. The SMILES string of the molecule is CNC(=O)NC1=CC(=O)N=N1. The lowest BCUT2D eigenvalue weighted by atomic mass is 10.5. The first-order valence-electron chi connectivity index (χ1n) is 2.88. The van der Waals surface area contributed by atoms with Gasteiger partial charge in [-0.2, -0.15) is 0 Å². The molecule has 0 aliphatic carbocycles. The van der Waals surface area contributed by atoms with E-state index in [-0.39, 0.29) is 5.82 Å². The van der Waals surface area contributed by atoms with Gasteiger partial charge in [-0.15, -0.1) is 10.2 Å². The number of nitrogens with one attached hydrogen (secondary N) is 2. The molecular formula is C5H6N4O2. The van der Waals surface area contributed by atoms with Gasteiger partial charge in [0.05, 0.1) is 6.08 Å². The average molecular weight is 154 g/mol. The van der Waals surface area contributed by atoms with Gasteiger partial charge < -0.3 is 5.32 Å². The highest BCUT2D eigenvalue weighted by atomic mass is 16.2. The van der Waals surface area contributed by atoms with Crippen LogP contribution in [0.4, 0.5) is 4.79 Å². The summed E-state index contributed by atoms with van der Waals surface area (Å²) in [5.41, 5.74) is 0. The number of azo groups is 1. The second-order valence-electron chi connectivity index (χ2n) is 1.77. The molecule has 0 aromatic carbocycles. The molecule has 1 heterocycles. The maximum Gasteiger partial charge on any atom is 0.320 e. The molecule has 0 fully saturated rings. The summed E-state index contributed by atoms with van der Waals surface area (Å²) in [6.45, 7) is 0. The summed E-state index contributed by atoms with van der Waals surface area (Å²) in [5, 5.41) is 11.1. The molecule has 0 atom stereocenters. The Morgan fingerprint density at radius 1 is 1.55 bits per heavy atom. The predicted molar refractivity (Wildman–Crippen MR) is 35.5 cm³/mol. The van der Waals surface area contributed by atoms with E-state index in [0.29, 0.717) is 0 Å². The molecule has 1 aliphatic heterocycles. The highest BCUT2D eigenvalue weighted by Crippen LogP contribution is 2.01. The van der Waals surface area contributed by atoms with Gasteiger partial charge in [0, 0.05) is 7.05 Å². The summed E-state index contributed by atoms with van der Waals surface area (Å²) in [6, 6.07) is -0.426. The first-order chi connectivity index (χ1) is 5.22. The van der Waals surface area contributed by atoms with E-state index in [1.807, 2.05) is 0 Å². The largest absolute Gasteiger partial charge is 0.341 e. The second-order valence-corrected chi connectivity index (χ2v) is 1.77. The Balaban J connectivity index is 2.52. The van der Waals surface area contributed by atoms with Gasteiger partial charge in [-0.1, -0.05) is 0 Å². The molecule has 2 N–H and O–H groups in total. The minimum atomic E-state index is -0.462. The maximum absolute atomic E-state index is 10.6. The number of hydrogen-bond acceptors (Lipinski definition) is 3. The van der Waals surface area contributed by atoms with Gasteiger partial charge in [-0.05, 0) is 0 Å². The van der Waals surface area contributed by atoms with Crippen LogP contribution in [-0.4, -0.2) is 19.0 Å². The molecule has 6 heteroatoms. The third-order valence-electron chi connectivity index (χ3n) is 0.985. The number of urea groups is 1. The number of nitrogens with zero attached hydrogens (tertiary/aromatic N) is 2. The standard InChI is InChI=1S/C5H6N4O2/c1-6-5(11)7-3-2-4(10)9-8-3/h2H,1H3,(H2,6,7,11). The van der Waals surface area contributed by atoms with E-state index in [1.54, 1.807) is 0 Å². The number of amides is 3. The summed E-state index contributed by atoms with van der Waals surface area (Å²) >= 11 is 0. The van der Waals surface area contributed by atoms with E-state index in [0.717, 1.165) is 6.08 Å². The highest BCUT2D eigenvalue weighted by Gasteiger charge is 2.09. The lowest BCUT2D eigenvalue weighted by molar-refractivity contribution is -0.113. The summed E-state index contributed by atoms with van der Waals surface area (Å²) in [7, 11) is 1.46. The van der Waals surface area contributed by atoms with Gasteiger partial charge in [-0.25, -0.2) is 4.79 Å². The lowest BCUT2D eigenvalue weighted by Gasteiger charge is -1.98. The summed E-state index contributed by atoms with van der Waals surface area (Å²) in [5.74, 6) is -0.300. The fourth-order valence-corrected chi connectivity index (χ4v) is 0.518. The number of carbonyl (C=O) groups excluding carboxylic acids is 2. The Bertz CT molecular complexity index is 255. The molecule has 0 unspecified atom stereocenters. The van der Waals surface area contributed by atoms with Crippen molar-refractivity contribution in [3.63, 3.8) is 0 Å². The first kappa shape index (κ1) is 7.39. The first-order valence-corrected chi connectivity index (χ1v) is 2.88. The van der Waals surface area contributed by atoms with Crippen LogP contribution in [0.1, 0.15) is 0 Å². The van der Waals surface area contributed by atoms with Crippen LogP contribution >= 0.6 is 0 Å². The van der Waals surface area contributed by atoms with Gasteiger partial charge >= 0.3 is 6.03 Å². The van der Waals surface area contributed by atoms with Crippen LogP contribution < -0.4 is 10.6 Å². The Hall–Kier alpha value is -1.72. The van der Waals surface area contributed by atoms with E-state index in [2.05, 4.69) is 20.9 Å². The molecule has 6 nitrogen and oxygen atoms in total. The zero-order chi connectivity index (χ0) is 8.27. The van der Waals surface area contributed by atoms with Crippen LogP contribution in [0.25, 0.3) is 0 Å². The summed E-state index contributed by atoms with van der Waals surface area (Å²) in [6.07, 6.45) is 1.13. The van der Waals surface area contributed by atoms with Crippen LogP contribution in [0.15, 0.2) is 22.1 Å². The molecule has 0 aromatic rings. The van der Waals surface area contributed by atoms with Crippen LogP contribution in [0.5, 0.6) is 0 Å². The second kappa shape index (κ2) is 2.91. The quantitative estimate of drug-likeness (QED) is 0.545. The minimum absolute atomic E-state index is 0.161. The average Bonchev–Trinajstić information content (AvgIpc) is 2.35. The maximum atomic E-state index is 10.6.